The highest BCUT2D eigenvalue weighted by Crippen LogP contribution is 2.34. The molecule has 3 rings (SSSR count). The van der Waals surface area contributed by atoms with Crippen molar-refractivity contribution in [2.24, 2.45) is 5.84 Å². The van der Waals surface area contributed by atoms with Crippen LogP contribution in [0, 0.1) is 11.6 Å². The first-order valence-electron chi connectivity index (χ1n) is 6.00. The average molecular weight is 278 g/mol. The molecule has 0 saturated carbocycles. The second-order valence-corrected chi connectivity index (χ2v) is 4.34. The predicted octanol–water partition coefficient (Wildman–Crippen LogP) is 2.19. The molecule has 2 aromatic rings. The van der Waals surface area contributed by atoms with E-state index in [2.05, 4.69) is 15.7 Å². The van der Waals surface area contributed by atoms with Crippen LogP contribution in [0.1, 0.15) is 11.6 Å². The third-order valence-corrected chi connectivity index (χ3v) is 3.08. The van der Waals surface area contributed by atoms with Gasteiger partial charge in [-0.1, -0.05) is 18.2 Å². The van der Waals surface area contributed by atoms with E-state index in [1.54, 1.807) is 0 Å². The Morgan fingerprint density at radius 3 is 2.75 bits per heavy atom. The van der Waals surface area contributed by atoms with Crippen LogP contribution in [0.2, 0.25) is 0 Å². The number of pyridine rings is 1. The van der Waals surface area contributed by atoms with Crippen molar-refractivity contribution in [1.29, 1.82) is 0 Å². The molecule has 0 fully saturated rings. The molecule has 0 spiro atoms. The number of halogens is 2. The van der Waals surface area contributed by atoms with E-state index in [0.717, 1.165) is 17.4 Å². The maximum atomic E-state index is 13.7. The molecule has 0 amide bonds. The van der Waals surface area contributed by atoms with Gasteiger partial charge in [-0.3, -0.25) is 0 Å². The van der Waals surface area contributed by atoms with Crippen molar-refractivity contribution >= 4 is 11.6 Å². The highest BCUT2D eigenvalue weighted by atomic mass is 19.1. The number of hydrogen-bond donors (Lipinski definition) is 3. The molecule has 1 atom stereocenters. The Morgan fingerprint density at radius 2 is 1.95 bits per heavy atom. The van der Waals surface area contributed by atoms with Gasteiger partial charge in [-0.2, -0.15) is 0 Å². The summed E-state index contributed by atoms with van der Waals surface area (Å²) in [6, 6.07) is 7.91. The van der Waals surface area contributed by atoms with Gasteiger partial charge in [0.2, 0.25) is 0 Å². The van der Waals surface area contributed by atoms with Crippen LogP contribution in [0.15, 0.2) is 30.3 Å². The number of fused-ring (bicyclic) bond motifs is 1. The first-order chi connectivity index (χ1) is 9.69. The monoisotopic (exact) mass is 278 g/mol. The molecule has 1 aromatic heterocycles. The molecule has 1 aliphatic heterocycles. The van der Waals surface area contributed by atoms with Crippen molar-refractivity contribution in [3.05, 3.63) is 47.5 Å². The van der Waals surface area contributed by atoms with Crippen molar-refractivity contribution in [2.75, 3.05) is 17.3 Å². The zero-order valence-electron chi connectivity index (χ0n) is 10.4. The van der Waals surface area contributed by atoms with Crippen LogP contribution in [0.4, 0.5) is 20.4 Å². The van der Waals surface area contributed by atoms with Gasteiger partial charge in [0, 0.05) is 11.6 Å². The molecule has 1 aromatic carbocycles. The maximum Gasteiger partial charge on any atom is 0.178 e. The van der Waals surface area contributed by atoms with Gasteiger partial charge in [-0.15, -0.1) is 0 Å². The van der Waals surface area contributed by atoms with Gasteiger partial charge in [-0.05, 0) is 6.07 Å². The van der Waals surface area contributed by atoms with E-state index in [0.29, 0.717) is 6.61 Å². The van der Waals surface area contributed by atoms with E-state index >= 15 is 0 Å². The van der Waals surface area contributed by atoms with Gasteiger partial charge in [0.05, 0.1) is 6.04 Å². The minimum absolute atomic E-state index is 0.0790. The second-order valence-electron chi connectivity index (χ2n) is 4.34. The number of hydrogen-bond acceptors (Lipinski definition) is 5. The van der Waals surface area contributed by atoms with Gasteiger partial charge >= 0.3 is 0 Å². The summed E-state index contributed by atoms with van der Waals surface area (Å²) in [5.41, 5.74) is 2.99. The smallest absolute Gasteiger partial charge is 0.178 e. The number of nitrogen functional groups attached to an aromatic ring is 1. The number of nitrogens with zero attached hydrogens (tertiary/aromatic N) is 1. The fourth-order valence-corrected chi connectivity index (χ4v) is 2.12. The largest absolute Gasteiger partial charge is 0.491 e. The summed E-state index contributed by atoms with van der Waals surface area (Å²) in [4.78, 5) is 3.77. The molecule has 1 aliphatic rings. The van der Waals surface area contributed by atoms with Crippen LogP contribution in [0.25, 0.3) is 0 Å². The van der Waals surface area contributed by atoms with Crippen LogP contribution < -0.4 is 21.3 Å². The fourth-order valence-electron chi connectivity index (χ4n) is 2.12. The van der Waals surface area contributed by atoms with Gasteiger partial charge in [-0.25, -0.2) is 19.6 Å². The van der Waals surface area contributed by atoms with Crippen molar-refractivity contribution in [3.63, 3.8) is 0 Å². The summed E-state index contributed by atoms with van der Waals surface area (Å²) in [6.07, 6.45) is 0. The SMILES string of the molecule is NNc1nc(NC2COc3ccccc32)c(F)cc1F. The average Bonchev–Trinajstić information content (AvgIpc) is 2.85. The Labute approximate surface area is 113 Å². The van der Waals surface area contributed by atoms with Gasteiger partial charge in [0.1, 0.15) is 12.4 Å². The minimum Gasteiger partial charge on any atom is -0.491 e. The molecule has 0 aliphatic carbocycles. The topological polar surface area (TPSA) is 72.2 Å². The lowest BCUT2D eigenvalue weighted by Crippen LogP contribution is -2.17. The molecule has 0 radical (unpaired) electrons. The number of nitrogens with two attached hydrogens (primary N) is 1. The Balaban J connectivity index is 1.89. The van der Waals surface area contributed by atoms with Gasteiger partial charge in [0.15, 0.2) is 23.3 Å². The van der Waals surface area contributed by atoms with Crippen molar-refractivity contribution in [1.82, 2.24) is 4.98 Å². The number of hydrazine groups is 1. The molecule has 104 valence electrons. The highest BCUT2D eigenvalue weighted by Gasteiger charge is 2.25. The van der Waals surface area contributed by atoms with E-state index in [9.17, 15) is 8.78 Å². The molecule has 0 bridgehead atoms. The lowest BCUT2D eigenvalue weighted by molar-refractivity contribution is 0.339. The molecule has 20 heavy (non-hydrogen) atoms. The highest BCUT2D eigenvalue weighted by molar-refractivity contribution is 5.50. The van der Waals surface area contributed by atoms with Crippen molar-refractivity contribution in [3.8, 4) is 5.75 Å². The summed E-state index contributed by atoms with van der Waals surface area (Å²) in [7, 11) is 0. The fraction of sp³-hybridized carbons (Fsp3) is 0.154. The normalized spacial score (nSPS) is 16.4. The summed E-state index contributed by atoms with van der Waals surface area (Å²) >= 11 is 0. The zero-order valence-corrected chi connectivity index (χ0v) is 10.4. The molecular formula is C13H12F2N4O. The lowest BCUT2D eigenvalue weighted by Gasteiger charge is -2.14. The number of ether oxygens (including phenoxy) is 1. The zero-order chi connectivity index (χ0) is 14.1. The predicted molar refractivity (Wildman–Crippen MR) is 70.3 cm³/mol. The third-order valence-electron chi connectivity index (χ3n) is 3.08. The standard InChI is InChI=1S/C13H12F2N4O/c14-8-5-9(15)13(19-16)18-12(8)17-10-6-20-11-4-2-1-3-7(10)11/h1-5,10H,6,16H2,(H2,17,18,19). The lowest BCUT2D eigenvalue weighted by atomic mass is 10.1. The quantitative estimate of drug-likeness (QED) is 0.593. The van der Waals surface area contributed by atoms with E-state index in [1.807, 2.05) is 24.3 Å². The molecule has 4 N–H and O–H groups in total. The van der Waals surface area contributed by atoms with Crippen molar-refractivity contribution < 1.29 is 13.5 Å². The Kier molecular flexibility index (Phi) is 3.11. The number of anilines is 2. The molecular weight excluding hydrogens is 266 g/mol. The van der Waals surface area contributed by atoms with Crippen LogP contribution in [0.3, 0.4) is 0 Å². The van der Waals surface area contributed by atoms with Crippen LogP contribution >= 0.6 is 0 Å². The van der Waals surface area contributed by atoms with E-state index < -0.39 is 11.6 Å². The number of rotatable bonds is 3. The summed E-state index contributed by atoms with van der Waals surface area (Å²) < 4.78 is 32.5. The minimum atomic E-state index is -0.848. The first kappa shape index (κ1) is 12.6. The maximum absolute atomic E-state index is 13.7. The summed E-state index contributed by atoms with van der Waals surface area (Å²) in [6.45, 7) is 0.350. The molecule has 2 heterocycles. The molecule has 7 heteroatoms. The number of nitrogens with one attached hydrogen (secondary N) is 2. The Morgan fingerprint density at radius 1 is 1.20 bits per heavy atom. The number of aromatic nitrogens is 1. The van der Waals surface area contributed by atoms with Crippen LogP contribution in [-0.2, 0) is 0 Å². The van der Waals surface area contributed by atoms with E-state index in [1.165, 1.54) is 0 Å². The number of para-hydroxylation sites is 1. The van der Waals surface area contributed by atoms with E-state index in [-0.39, 0.29) is 17.7 Å². The molecule has 1 unspecified atom stereocenters. The second kappa shape index (κ2) is 4.93. The molecule has 5 nitrogen and oxygen atoms in total. The summed E-state index contributed by atoms with van der Waals surface area (Å²) in [5.74, 6) is 3.93. The van der Waals surface area contributed by atoms with Crippen molar-refractivity contribution in [2.45, 2.75) is 6.04 Å². The Bertz CT molecular complexity index is 650. The third kappa shape index (κ3) is 2.12. The van der Waals surface area contributed by atoms with Gasteiger partial charge < -0.3 is 15.5 Å². The molecule has 0 saturated heterocycles. The Hall–Kier alpha value is -2.41. The van der Waals surface area contributed by atoms with E-state index in [4.69, 9.17) is 10.6 Å². The van der Waals surface area contributed by atoms with Crippen LogP contribution in [-0.4, -0.2) is 11.6 Å². The summed E-state index contributed by atoms with van der Waals surface area (Å²) in [5, 5.41) is 2.89. The van der Waals surface area contributed by atoms with Gasteiger partial charge in [0.25, 0.3) is 0 Å². The first-order valence-corrected chi connectivity index (χ1v) is 6.00. The number of benzene rings is 1. The van der Waals surface area contributed by atoms with Crippen LogP contribution in [0.5, 0.6) is 5.75 Å².